The molecule has 4 rings (SSSR count). The molecule has 0 aliphatic carbocycles. The van der Waals surface area contributed by atoms with Gasteiger partial charge in [-0.25, -0.2) is 0 Å². The van der Waals surface area contributed by atoms with Gasteiger partial charge in [0.25, 0.3) is 0 Å². The number of aromatic nitrogens is 1. The fourth-order valence-corrected chi connectivity index (χ4v) is 3.06. The summed E-state index contributed by atoms with van der Waals surface area (Å²) < 4.78 is 12.3. The number of hydrogen-bond donors (Lipinski definition) is 1. The predicted molar refractivity (Wildman–Crippen MR) is 94.2 cm³/mol. The van der Waals surface area contributed by atoms with Gasteiger partial charge in [-0.2, -0.15) is 0 Å². The smallest absolute Gasteiger partial charge is 0.151 e. The second-order valence-electron chi connectivity index (χ2n) is 5.92. The summed E-state index contributed by atoms with van der Waals surface area (Å²) in [6.45, 7) is 2.38. The first kappa shape index (κ1) is 15.1. The van der Waals surface area contributed by atoms with Crippen LogP contribution in [0.1, 0.15) is 11.7 Å². The Morgan fingerprint density at radius 3 is 2.83 bits per heavy atom. The Hall–Kier alpha value is -2.43. The first-order valence-electron chi connectivity index (χ1n) is 8.29. The van der Waals surface area contributed by atoms with Gasteiger partial charge in [-0.1, -0.05) is 36.4 Å². The molecule has 1 aliphatic heterocycles. The number of nitrogens with one attached hydrogen (secondary N) is 1. The van der Waals surface area contributed by atoms with Crippen LogP contribution in [-0.2, 0) is 4.74 Å². The summed E-state index contributed by atoms with van der Waals surface area (Å²) in [5.41, 5.74) is 2.09. The first-order chi connectivity index (χ1) is 11.9. The molecule has 0 radical (unpaired) electrons. The molecule has 1 saturated heterocycles. The van der Waals surface area contributed by atoms with Crippen molar-refractivity contribution in [1.82, 2.24) is 10.3 Å². The monoisotopic (exact) mass is 320 g/mol. The van der Waals surface area contributed by atoms with Crippen LogP contribution < -0.4 is 10.1 Å². The molecule has 2 unspecified atom stereocenters. The Morgan fingerprint density at radius 1 is 1.08 bits per heavy atom. The van der Waals surface area contributed by atoms with Crippen LogP contribution in [0, 0.1) is 0 Å². The molecule has 122 valence electrons. The maximum absolute atomic E-state index is 6.36. The van der Waals surface area contributed by atoms with Crippen molar-refractivity contribution in [3.05, 3.63) is 72.4 Å². The number of hydrogen-bond acceptors (Lipinski definition) is 4. The minimum Gasteiger partial charge on any atom is -0.483 e. The van der Waals surface area contributed by atoms with Crippen molar-refractivity contribution in [2.24, 2.45) is 0 Å². The van der Waals surface area contributed by atoms with Gasteiger partial charge in [0.05, 0.1) is 12.1 Å². The third-order valence-corrected chi connectivity index (χ3v) is 4.26. The Morgan fingerprint density at radius 2 is 2.00 bits per heavy atom. The highest BCUT2D eigenvalue weighted by Gasteiger charge is 2.27. The van der Waals surface area contributed by atoms with Crippen LogP contribution in [-0.4, -0.2) is 30.8 Å². The lowest BCUT2D eigenvalue weighted by atomic mass is 10.0. The summed E-state index contributed by atoms with van der Waals surface area (Å²) in [4.78, 5) is 4.36. The van der Waals surface area contributed by atoms with Gasteiger partial charge in [0.2, 0.25) is 0 Å². The summed E-state index contributed by atoms with van der Waals surface area (Å²) >= 11 is 0. The Balaban J connectivity index is 1.64. The quantitative estimate of drug-likeness (QED) is 0.801. The number of ether oxygens (including phenoxy) is 2. The molecule has 0 bridgehead atoms. The van der Waals surface area contributed by atoms with Crippen molar-refractivity contribution < 1.29 is 9.47 Å². The van der Waals surface area contributed by atoms with Gasteiger partial charge in [-0.15, -0.1) is 0 Å². The lowest BCUT2D eigenvalue weighted by Gasteiger charge is -2.31. The molecule has 2 atom stereocenters. The van der Waals surface area contributed by atoms with Gasteiger partial charge in [0.15, 0.2) is 6.10 Å². The first-order valence-corrected chi connectivity index (χ1v) is 8.29. The van der Waals surface area contributed by atoms with E-state index in [0.29, 0.717) is 6.61 Å². The summed E-state index contributed by atoms with van der Waals surface area (Å²) in [6, 6.07) is 20.3. The van der Waals surface area contributed by atoms with Gasteiger partial charge >= 0.3 is 0 Å². The summed E-state index contributed by atoms with van der Waals surface area (Å²) in [5, 5.41) is 4.46. The average molecular weight is 320 g/mol. The van der Waals surface area contributed by atoms with Crippen LogP contribution in [0.3, 0.4) is 0 Å². The van der Waals surface area contributed by atoms with E-state index in [2.05, 4.69) is 22.4 Å². The van der Waals surface area contributed by atoms with E-state index in [1.54, 1.807) is 6.20 Å². The van der Waals surface area contributed by atoms with Gasteiger partial charge in [-0.05, 0) is 29.8 Å². The molecule has 0 saturated carbocycles. The van der Waals surface area contributed by atoms with Crippen LogP contribution in [0.15, 0.2) is 66.9 Å². The summed E-state index contributed by atoms with van der Waals surface area (Å²) in [6.07, 6.45) is 1.65. The number of benzene rings is 2. The second kappa shape index (κ2) is 6.99. The second-order valence-corrected chi connectivity index (χ2v) is 5.92. The van der Waals surface area contributed by atoms with Crippen molar-refractivity contribution in [3.8, 4) is 5.75 Å². The van der Waals surface area contributed by atoms with Crippen LogP contribution in [0.2, 0.25) is 0 Å². The Labute approximate surface area is 141 Å². The SMILES string of the molecule is c1ccc(C(Oc2ccc3ncccc3c2)C2CNCCO2)cc1. The normalized spacial score (nSPS) is 19.1. The third kappa shape index (κ3) is 3.25. The summed E-state index contributed by atoms with van der Waals surface area (Å²) in [7, 11) is 0. The summed E-state index contributed by atoms with van der Waals surface area (Å²) in [5.74, 6) is 0.832. The van der Waals surface area contributed by atoms with E-state index in [1.807, 2.05) is 48.5 Å². The van der Waals surface area contributed by atoms with Crippen LogP contribution >= 0.6 is 0 Å². The molecule has 24 heavy (non-hydrogen) atoms. The van der Waals surface area contributed by atoms with Crippen molar-refractivity contribution in [3.63, 3.8) is 0 Å². The minimum absolute atomic E-state index is 0.00857. The fraction of sp³-hybridized carbons (Fsp3) is 0.250. The van der Waals surface area contributed by atoms with E-state index >= 15 is 0 Å². The largest absolute Gasteiger partial charge is 0.483 e. The average Bonchev–Trinajstić information content (AvgIpc) is 2.67. The number of morpholine rings is 1. The number of pyridine rings is 1. The van der Waals surface area contributed by atoms with Gasteiger partial charge in [0.1, 0.15) is 11.9 Å². The highest BCUT2D eigenvalue weighted by molar-refractivity contribution is 5.79. The Bertz CT molecular complexity index is 801. The zero-order valence-electron chi connectivity index (χ0n) is 13.4. The zero-order valence-corrected chi connectivity index (χ0v) is 13.4. The molecule has 0 spiro atoms. The highest BCUT2D eigenvalue weighted by Crippen LogP contribution is 2.29. The number of nitrogens with zero attached hydrogens (tertiary/aromatic N) is 1. The molecular formula is C20H20N2O2. The highest BCUT2D eigenvalue weighted by atomic mass is 16.5. The molecule has 3 aromatic rings. The topological polar surface area (TPSA) is 43.4 Å². The van der Waals surface area contributed by atoms with Gasteiger partial charge < -0.3 is 14.8 Å². The number of fused-ring (bicyclic) bond motifs is 1. The molecule has 1 aliphatic rings. The Kier molecular flexibility index (Phi) is 4.40. The molecule has 1 N–H and O–H groups in total. The van der Waals surface area contributed by atoms with E-state index in [4.69, 9.17) is 9.47 Å². The maximum atomic E-state index is 6.36. The van der Waals surface area contributed by atoms with E-state index in [1.165, 1.54) is 0 Å². The van der Waals surface area contributed by atoms with Crippen LogP contribution in [0.5, 0.6) is 5.75 Å². The molecular weight excluding hydrogens is 300 g/mol. The number of rotatable bonds is 4. The molecule has 2 heterocycles. The van der Waals surface area contributed by atoms with Crippen molar-refractivity contribution in [1.29, 1.82) is 0 Å². The van der Waals surface area contributed by atoms with E-state index < -0.39 is 0 Å². The molecule has 2 aromatic carbocycles. The molecule has 4 nitrogen and oxygen atoms in total. The molecule has 4 heteroatoms. The van der Waals surface area contributed by atoms with Gasteiger partial charge in [-0.3, -0.25) is 4.98 Å². The fourth-order valence-electron chi connectivity index (χ4n) is 3.06. The van der Waals surface area contributed by atoms with Gasteiger partial charge in [0, 0.05) is 24.7 Å². The maximum Gasteiger partial charge on any atom is 0.151 e. The van der Waals surface area contributed by atoms with E-state index in [-0.39, 0.29) is 12.2 Å². The zero-order chi connectivity index (χ0) is 16.2. The van der Waals surface area contributed by atoms with E-state index in [9.17, 15) is 0 Å². The van der Waals surface area contributed by atoms with Crippen molar-refractivity contribution >= 4 is 10.9 Å². The van der Waals surface area contributed by atoms with Crippen molar-refractivity contribution in [2.75, 3.05) is 19.7 Å². The van der Waals surface area contributed by atoms with Crippen LogP contribution in [0.25, 0.3) is 10.9 Å². The van der Waals surface area contributed by atoms with E-state index in [0.717, 1.165) is 35.3 Å². The minimum atomic E-state index is -0.145. The lowest BCUT2D eigenvalue weighted by molar-refractivity contribution is -0.0432. The predicted octanol–water partition coefficient (Wildman–Crippen LogP) is 3.34. The van der Waals surface area contributed by atoms with Crippen LogP contribution in [0.4, 0.5) is 0 Å². The van der Waals surface area contributed by atoms with Crippen molar-refractivity contribution in [2.45, 2.75) is 12.2 Å². The molecule has 0 amide bonds. The lowest BCUT2D eigenvalue weighted by Crippen LogP contribution is -2.43. The standard InChI is InChI=1S/C20H20N2O2/c1-2-5-15(6-3-1)20(19-14-21-11-12-23-19)24-17-8-9-18-16(13-17)7-4-10-22-18/h1-10,13,19-21H,11-12,14H2. The third-order valence-electron chi connectivity index (χ3n) is 4.26. The molecule has 1 aromatic heterocycles. The molecule has 1 fully saturated rings.